The Bertz CT molecular complexity index is 1500. The van der Waals surface area contributed by atoms with Gasteiger partial charge in [-0.3, -0.25) is 14.4 Å². The van der Waals surface area contributed by atoms with E-state index in [1.54, 1.807) is 0 Å². The van der Waals surface area contributed by atoms with E-state index in [1.165, 1.54) is 11.6 Å². The molecule has 0 atom stereocenters. The van der Waals surface area contributed by atoms with Crippen molar-refractivity contribution in [2.45, 2.75) is 19.4 Å². The first kappa shape index (κ1) is 24.1. The molecule has 7 nitrogen and oxygen atoms in total. The lowest BCUT2D eigenvalue weighted by molar-refractivity contribution is -0.126. The topological polar surface area (TPSA) is 92.9 Å². The number of nitrogens with zero attached hydrogens (tertiary/aromatic N) is 2. The molecule has 2 heterocycles. The van der Waals surface area contributed by atoms with E-state index in [0.717, 1.165) is 45.4 Å². The van der Waals surface area contributed by atoms with Gasteiger partial charge in [-0.05, 0) is 81.6 Å². The lowest BCUT2D eigenvalue weighted by Crippen LogP contribution is -2.40. The first-order valence-electron chi connectivity index (χ1n) is 12.9. The second-order valence-corrected chi connectivity index (χ2v) is 9.99. The average molecular weight is 508 g/mol. The monoisotopic (exact) mass is 507 g/mol. The molecule has 0 unspecified atom stereocenters. The largest absolute Gasteiger partial charge is 0.378 e. The zero-order chi connectivity index (χ0) is 26.4. The number of primary amides is 1. The number of amides is 3. The molecule has 0 bridgehead atoms. The molecular weight excluding hydrogens is 478 g/mol. The van der Waals surface area contributed by atoms with Gasteiger partial charge in [-0.15, -0.1) is 0 Å². The van der Waals surface area contributed by atoms with Crippen LogP contribution in [0.15, 0.2) is 61.2 Å². The maximum atomic E-state index is 13.2. The molecule has 0 spiro atoms. The van der Waals surface area contributed by atoms with Crippen LogP contribution in [0.25, 0.3) is 22.3 Å². The Labute approximate surface area is 221 Å². The number of fused-ring (bicyclic) bond motifs is 4. The zero-order valence-electron chi connectivity index (χ0n) is 21.2. The fourth-order valence-corrected chi connectivity index (χ4v) is 6.03. The molecule has 192 valence electrons. The SMILES string of the molecule is C=CC(=O)N1CCc2c(cccc2-c2ccc(C(N)=O)c3c2-c2ccc(C(=O)N4CCOCC4)cc2C3)C1. The Morgan fingerprint density at radius 1 is 0.868 bits per heavy atom. The zero-order valence-corrected chi connectivity index (χ0v) is 21.2. The van der Waals surface area contributed by atoms with E-state index < -0.39 is 5.91 Å². The van der Waals surface area contributed by atoms with Crippen LogP contribution in [0.1, 0.15) is 43.0 Å². The number of hydrogen-bond donors (Lipinski definition) is 1. The molecule has 3 aromatic rings. The summed E-state index contributed by atoms with van der Waals surface area (Å²) in [4.78, 5) is 41.4. The van der Waals surface area contributed by atoms with Crippen LogP contribution in [-0.4, -0.2) is 60.4 Å². The molecule has 3 aliphatic rings. The van der Waals surface area contributed by atoms with E-state index in [-0.39, 0.29) is 11.8 Å². The van der Waals surface area contributed by atoms with Gasteiger partial charge in [0.25, 0.3) is 5.91 Å². The fraction of sp³-hybridized carbons (Fsp3) is 0.258. The summed E-state index contributed by atoms with van der Waals surface area (Å²) in [6, 6.07) is 15.8. The highest BCUT2D eigenvalue weighted by Gasteiger charge is 2.30. The van der Waals surface area contributed by atoms with Crippen LogP contribution >= 0.6 is 0 Å². The number of ether oxygens (including phenoxy) is 1. The van der Waals surface area contributed by atoms with Crippen LogP contribution in [0.4, 0.5) is 0 Å². The predicted molar refractivity (Wildman–Crippen MR) is 145 cm³/mol. The fourth-order valence-electron chi connectivity index (χ4n) is 6.03. The molecule has 6 rings (SSSR count). The maximum Gasteiger partial charge on any atom is 0.254 e. The first-order chi connectivity index (χ1) is 18.5. The van der Waals surface area contributed by atoms with Gasteiger partial charge in [-0.25, -0.2) is 0 Å². The highest BCUT2D eigenvalue weighted by molar-refractivity contribution is 6.03. The molecule has 0 radical (unpaired) electrons. The number of rotatable bonds is 4. The van der Waals surface area contributed by atoms with Crippen molar-refractivity contribution in [2.24, 2.45) is 5.73 Å². The molecule has 7 heteroatoms. The van der Waals surface area contributed by atoms with Gasteiger partial charge < -0.3 is 20.3 Å². The minimum atomic E-state index is -0.459. The van der Waals surface area contributed by atoms with Crippen molar-refractivity contribution in [3.05, 3.63) is 94.6 Å². The molecule has 3 aromatic carbocycles. The van der Waals surface area contributed by atoms with Crippen LogP contribution in [0.3, 0.4) is 0 Å². The molecule has 3 amide bonds. The van der Waals surface area contributed by atoms with E-state index in [1.807, 2.05) is 46.2 Å². The van der Waals surface area contributed by atoms with Crippen LogP contribution in [0, 0.1) is 0 Å². The number of benzene rings is 3. The van der Waals surface area contributed by atoms with Gasteiger partial charge in [-0.2, -0.15) is 0 Å². The number of hydrogen-bond acceptors (Lipinski definition) is 4. The average Bonchev–Trinajstić information content (AvgIpc) is 3.34. The van der Waals surface area contributed by atoms with Gasteiger partial charge in [0, 0.05) is 37.3 Å². The summed E-state index contributed by atoms with van der Waals surface area (Å²) in [6.07, 6.45) is 2.63. The lowest BCUT2D eigenvalue weighted by atomic mass is 9.85. The second kappa shape index (κ2) is 9.58. The molecule has 2 aliphatic heterocycles. The number of morpholine rings is 1. The smallest absolute Gasteiger partial charge is 0.254 e. The van der Waals surface area contributed by atoms with Gasteiger partial charge >= 0.3 is 0 Å². The van der Waals surface area contributed by atoms with Crippen LogP contribution in [-0.2, 0) is 28.9 Å². The van der Waals surface area contributed by atoms with E-state index in [2.05, 4.69) is 18.7 Å². The molecule has 1 aliphatic carbocycles. The van der Waals surface area contributed by atoms with Crippen LogP contribution in [0.5, 0.6) is 0 Å². The summed E-state index contributed by atoms with van der Waals surface area (Å²) in [5.74, 6) is -0.527. The molecular formula is C31H29N3O4. The normalized spacial score (nSPS) is 15.9. The van der Waals surface area contributed by atoms with Gasteiger partial charge in [0.05, 0.1) is 13.2 Å². The Kier molecular flexibility index (Phi) is 6.08. The number of nitrogens with two attached hydrogens (primary N) is 1. The third-order valence-electron chi connectivity index (χ3n) is 7.91. The summed E-state index contributed by atoms with van der Waals surface area (Å²) < 4.78 is 5.39. The Hall–Kier alpha value is -4.23. The maximum absolute atomic E-state index is 13.2. The minimum Gasteiger partial charge on any atom is -0.378 e. The molecule has 1 fully saturated rings. The van der Waals surface area contributed by atoms with Gasteiger partial charge in [0.2, 0.25) is 11.8 Å². The summed E-state index contributed by atoms with van der Waals surface area (Å²) >= 11 is 0. The summed E-state index contributed by atoms with van der Waals surface area (Å²) in [7, 11) is 0. The van der Waals surface area contributed by atoms with Crippen molar-refractivity contribution < 1.29 is 19.1 Å². The van der Waals surface area contributed by atoms with E-state index in [9.17, 15) is 14.4 Å². The van der Waals surface area contributed by atoms with Crippen molar-refractivity contribution in [2.75, 3.05) is 32.8 Å². The highest BCUT2D eigenvalue weighted by atomic mass is 16.5. The number of carbonyl (C=O) groups is 3. The molecule has 2 N–H and O–H groups in total. The quantitative estimate of drug-likeness (QED) is 0.428. The van der Waals surface area contributed by atoms with Gasteiger partial charge in [0.1, 0.15) is 0 Å². The predicted octanol–water partition coefficient (Wildman–Crippen LogP) is 3.57. The standard InChI is InChI=1S/C31H29N3O4/c1-2-28(35)34-11-10-22-20(18-34)4-3-5-24(22)25-8-9-26(30(32)36)27-17-21-16-19(6-7-23(21)29(25)27)31(37)33-12-14-38-15-13-33/h2-9,16H,1,10-15,17-18H2,(H2,32,36). The summed E-state index contributed by atoms with van der Waals surface area (Å²) in [6.45, 7) is 7.06. The van der Waals surface area contributed by atoms with Crippen molar-refractivity contribution in [1.29, 1.82) is 0 Å². The minimum absolute atomic E-state index is 0.00170. The van der Waals surface area contributed by atoms with Crippen molar-refractivity contribution >= 4 is 17.7 Å². The highest BCUT2D eigenvalue weighted by Crippen LogP contribution is 2.46. The second-order valence-electron chi connectivity index (χ2n) is 9.99. The Balaban J connectivity index is 1.44. The first-order valence-corrected chi connectivity index (χ1v) is 12.9. The van der Waals surface area contributed by atoms with Gasteiger partial charge in [0.15, 0.2) is 0 Å². The van der Waals surface area contributed by atoms with E-state index >= 15 is 0 Å². The molecule has 1 saturated heterocycles. The summed E-state index contributed by atoms with van der Waals surface area (Å²) in [5, 5.41) is 0. The van der Waals surface area contributed by atoms with Crippen molar-refractivity contribution in [1.82, 2.24) is 9.80 Å². The van der Waals surface area contributed by atoms with Gasteiger partial charge in [-0.1, -0.05) is 36.9 Å². The van der Waals surface area contributed by atoms with E-state index in [0.29, 0.717) is 56.9 Å². The number of carbonyl (C=O) groups excluding carboxylic acids is 3. The third-order valence-corrected chi connectivity index (χ3v) is 7.91. The summed E-state index contributed by atoms with van der Waals surface area (Å²) in [5.41, 5.74) is 15.3. The van der Waals surface area contributed by atoms with Crippen molar-refractivity contribution in [3.63, 3.8) is 0 Å². The Morgan fingerprint density at radius 2 is 1.66 bits per heavy atom. The molecule has 0 saturated carbocycles. The van der Waals surface area contributed by atoms with Crippen LogP contribution in [0.2, 0.25) is 0 Å². The molecule has 38 heavy (non-hydrogen) atoms. The lowest BCUT2D eigenvalue weighted by Gasteiger charge is -2.30. The van der Waals surface area contributed by atoms with Crippen molar-refractivity contribution in [3.8, 4) is 22.3 Å². The van der Waals surface area contributed by atoms with E-state index in [4.69, 9.17) is 10.5 Å². The third kappa shape index (κ3) is 4.00. The Morgan fingerprint density at radius 3 is 2.42 bits per heavy atom. The molecule has 0 aromatic heterocycles. The van der Waals surface area contributed by atoms with Crippen LogP contribution < -0.4 is 5.73 Å².